The zero-order chi connectivity index (χ0) is 10.3. The monoisotopic (exact) mass is 262 g/mol. The van der Waals surface area contributed by atoms with E-state index in [1.807, 2.05) is 0 Å². The van der Waals surface area contributed by atoms with Crippen LogP contribution in [-0.4, -0.2) is 5.11 Å². The summed E-state index contributed by atoms with van der Waals surface area (Å²) in [4.78, 5) is 0. The van der Waals surface area contributed by atoms with Gasteiger partial charge in [0.1, 0.15) is 11.6 Å². The van der Waals surface area contributed by atoms with Gasteiger partial charge in [0.2, 0.25) is 0 Å². The second-order valence-electron chi connectivity index (χ2n) is 3.60. The molecule has 0 atom stereocenters. The second-order valence-corrected chi connectivity index (χ2v) is 4.46. The molecule has 2 rings (SSSR count). The highest BCUT2D eigenvalue weighted by molar-refractivity contribution is 9.10. The van der Waals surface area contributed by atoms with E-state index < -0.39 is 17.2 Å². The molecule has 0 amide bonds. The Morgan fingerprint density at radius 2 is 1.93 bits per heavy atom. The molecule has 4 heteroatoms. The van der Waals surface area contributed by atoms with Crippen LogP contribution >= 0.6 is 15.9 Å². The third-order valence-corrected chi connectivity index (χ3v) is 3.30. The third kappa shape index (κ3) is 1.37. The first-order chi connectivity index (χ1) is 6.54. The molecule has 1 fully saturated rings. The van der Waals surface area contributed by atoms with E-state index in [1.165, 1.54) is 12.1 Å². The van der Waals surface area contributed by atoms with Gasteiger partial charge in [-0.15, -0.1) is 0 Å². The van der Waals surface area contributed by atoms with Crippen molar-refractivity contribution in [3.05, 3.63) is 33.8 Å². The standard InChI is InChI=1S/C10H9BrF2O/c11-6-2-3-7(12)8(9(6)13)10(14)4-1-5-10/h2-3,14H,1,4-5H2. The van der Waals surface area contributed by atoms with Gasteiger partial charge in [-0.25, -0.2) is 8.78 Å². The maximum atomic E-state index is 13.5. The molecule has 76 valence electrons. The van der Waals surface area contributed by atoms with Crippen LogP contribution in [-0.2, 0) is 5.60 Å². The van der Waals surface area contributed by atoms with Crippen molar-refractivity contribution < 1.29 is 13.9 Å². The van der Waals surface area contributed by atoms with Crippen LogP contribution in [0, 0.1) is 11.6 Å². The fourth-order valence-corrected chi connectivity index (χ4v) is 2.05. The summed E-state index contributed by atoms with van der Waals surface area (Å²) >= 11 is 2.97. The first-order valence-electron chi connectivity index (χ1n) is 4.41. The normalized spacial score (nSPS) is 19.1. The van der Waals surface area contributed by atoms with E-state index in [0.29, 0.717) is 12.8 Å². The first-order valence-corrected chi connectivity index (χ1v) is 5.20. The fourth-order valence-electron chi connectivity index (χ4n) is 1.72. The topological polar surface area (TPSA) is 20.2 Å². The molecule has 1 aliphatic rings. The highest BCUT2D eigenvalue weighted by atomic mass is 79.9. The van der Waals surface area contributed by atoms with Gasteiger partial charge in [0.15, 0.2) is 0 Å². The van der Waals surface area contributed by atoms with E-state index in [0.717, 1.165) is 6.42 Å². The van der Waals surface area contributed by atoms with Crippen molar-refractivity contribution in [1.29, 1.82) is 0 Å². The Labute approximate surface area is 88.9 Å². The van der Waals surface area contributed by atoms with Gasteiger partial charge in [0.05, 0.1) is 15.6 Å². The zero-order valence-corrected chi connectivity index (χ0v) is 8.94. The summed E-state index contributed by atoms with van der Waals surface area (Å²) in [6.45, 7) is 0. The summed E-state index contributed by atoms with van der Waals surface area (Å²) in [7, 11) is 0. The Morgan fingerprint density at radius 1 is 1.29 bits per heavy atom. The van der Waals surface area contributed by atoms with Gasteiger partial charge in [0.25, 0.3) is 0 Å². The minimum atomic E-state index is -1.29. The van der Waals surface area contributed by atoms with E-state index in [9.17, 15) is 13.9 Å². The molecule has 0 unspecified atom stereocenters. The number of halogens is 3. The van der Waals surface area contributed by atoms with Crippen molar-refractivity contribution in [2.75, 3.05) is 0 Å². The van der Waals surface area contributed by atoms with Gasteiger partial charge in [-0.05, 0) is 47.3 Å². The first kappa shape index (κ1) is 10.1. The predicted octanol–water partition coefficient (Wildman–Crippen LogP) is 3.10. The van der Waals surface area contributed by atoms with Gasteiger partial charge < -0.3 is 5.11 Å². The van der Waals surface area contributed by atoms with Gasteiger partial charge in [-0.2, -0.15) is 0 Å². The van der Waals surface area contributed by atoms with Crippen LogP contribution < -0.4 is 0 Å². The maximum absolute atomic E-state index is 13.5. The van der Waals surface area contributed by atoms with Crippen LogP contribution in [0.2, 0.25) is 0 Å². The Bertz CT molecular complexity index is 375. The SMILES string of the molecule is OC1(c2c(F)ccc(Br)c2F)CCC1. The van der Waals surface area contributed by atoms with Gasteiger partial charge in [0, 0.05) is 0 Å². The van der Waals surface area contributed by atoms with E-state index in [-0.39, 0.29) is 10.0 Å². The van der Waals surface area contributed by atoms with Crippen LogP contribution in [0.5, 0.6) is 0 Å². The molecular weight excluding hydrogens is 254 g/mol. The largest absolute Gasteiger partial charge is 0.385 e. The lowest BCUT2D eigenvalue weighted by atomic mass is 9.75. The molecule has 0 bridgehead atoms. The number of benzene rings is 1. The van der Waals surface area contributed by atoms with Crippen molar-refractivity contribution in [2.45, 2.75) is 24.9 Å². The Kier molecular flexibility index (Phi) is 2.35. The molecular formula is C10H9BrF2O. The summed E-state index contributed by atoms with van der Waals surface area (Å²) in [6, 6.07) is 2.47. The van der Waals surface area contributed by atoms with Gasteiger partial charge in [-0.1, -0.05) is 0 Å². The third-order valence-electron chi connectivity index (χ3n) is 2.69. The van der Waals surface area contributed by atoms with E-state index >= 15 is 0 Å². The van der Waals surface area contributed by atoms with Crippen molar-refractivity contribution in [1.82, 2.24) is 0 Å². The van der Waals surface area contributed by atoms with Crippen molar-refractivity contribution in [3.8, 4) is 0 Å². The second kappa shape index (κ2) is 3.28. The molecule has 1 saturated carbocycles. The van der Waals surface area contributed by atoms with Crippen LogP contribution in [0.4, 0.5) is 8.78 Å². The van der Waals surface area contributed by atoms with Gasteiger partial charge >= 0.3 is 0 Å². The predicted molar refractivity (Wildman–Crippen MR) is 51.8 cm³/mol. The molecule has 1 aromatic carbocycles. The Balaban J connectivity index is 2.56. The van der Waals surface area contributed by atoms with E-state index in [2.05, 4.69) is 15.9 Å². The highest BCUT2D eigenvalue weighted by Gasteiger charge is 2.41. The summed E-state index contributed by atoms with van der Waals surface area (Å²) in [6.07, 6.45) is 1.66. The quantitative estimate of drug-likeness (QED) is 0.772. The van der Waals surface area contributed by atoms with Crippen LogP contribution in [0.15, 0.2) is 16.6 Å². The minimum Gasteiger partial charge on any atom is -0.385 e. The van der Waals surface area contributed by atoms with E-state index in [1.54, 1.807) is 0 Å². The van der Waals surface area contributed by atoms with Gasteiger partial charge in [-0.3, -0.25) is 0 Å². The summed E-state index contributed by atoms with van der Waals surface area (Å²) in [5, 5.41) is 9.87. The van der Waals surface area contributed by atoms with Crippen molar-refractivity contribution in [2.24, 2.45) is 0 Å². The summed E-state index contributed by atoms with van der Waals surface area (Å²) < 4.78 is 27.0. The fraction of sp³-hybridized carbons (Fsp3) is 0.400. The lowest BCUT2D eigenvalue weighted by Gasteiger charge is -2.37. The van der Waals surface area contributed by atoms with Crippen LogP contribution in [0.3, 0.4) is 0 Å². The molecule has 1 N–H and O–H groups in total. The molecule has 1 nitrogen and oxygen atoms in total. The molecule has 0 aliphatic heterocycles. The van der Waals surface area contributed by atoms with Crippen molar-refractivity contribution in [3.63, 3.8) is 0 Å². The number of rotatable bonds is 1. The van der Waals surface area contributed by atoms with Crippen LogP contribution in [0.1, 0.15) is 24.8 Å². The Morgan fingerprint density at radius 3 is 2.43 bits per heavy atom. The minimum absolute atomic E-state index is 0.189. The summed E-state index contributed by atoms with van der Waals surface area (Å²) in [5.74, 6) is -1.36. The number of aliphatic hydroxyl groups is 1. The lowest BCUT2D eigenvalue weighted by Crippen LogP contribution is -2.35. The average molecular weight is 263 g/mol. The zero-order valence-electron chi connectivity index (χ0n) is 7.36. The molecule has 0 spiro atoms. The lowest BCUT2D eigenvalue weighted by molar-refractivity contribution is -0.0447. The smallest absolute Gasteiger partial charge is 0.146 e. The molecule has 0 heterocycles. The van der Waals surface area contributed by atoms with Crippen molar-refractivity contribution >= 4 is 15.9 Å². The molecule has 14 heavy (non-hydrogen) atoms. The Hall–Kier alpha value is -0.480. The maximum Gasteiger partial charge on any atom is 0.146 e. The number of hydrogen-bond acceptors (Lipinski definition) is 1. The molecule has 1 aromatic rings. The molecule has 0 radical (unpaired) electrons. The molecule has 0 aromatic heterocycles. The highest BCUT2D eigenvalue weighted by Crippen LogP contribution is 2.44. The van der Waals surface area contributed by atoms with E-state index in [4.69, 9.17) is 0 Å². The van der Waals surface area contributed by atoms with Crippen LogP contribution in [0.25, 0.3) is 0 Å². The number of hydrogen-bond donors (Lipinski definition) is 1. The average Bonchev–Trinajstić information content (AvgIpc) is 2.09. The molecule has 0 saturated heterocycles. The molecule has 1 aliphatic carbocycles. The summed E-state index contributed by atoms with van der Waals surface area (Å²) in [5.41, 5.74) is -1.49.